The normalized spacial score (nSPS) is 0. The summed E-state index contributed by atoms with van der Waals surface area (Å²) in [5, 5.41) is 0. The molecule has 0 aromatic heterocycles. The van der Waals surface area contributed by atoms with E-state index in [0.717, 1.165) is 0 Å². The van der Waals surface area contributed by atoms with E-state index in [-0.39, 0.29) is 76.0 Å². The molecule has 0 aromatic rings. The maximum Gasteiger partial charge on any atom is 0 e. The summed E-state index contributed by atoms with van der Waals surface area (Å²) in [6.07, 6.45) is 0. The van der Waals surface area contributed by atoms with Gasteiger partial charge in [0.1, 0.15) is 0 Å². The molecule has 4 heteroatoms. The van der Waals surface area contributed by atoms with E-state index in [0.29, 0.717) is 0 Å². The summed E-state index contributed by atoms with van der Waals surface area (Å²) < 4.78 is 0. The van der Waals surface area contributed by atoms with E-state index in [1.54, 1.807) is 0 Å². The molecule has 0 aromatic carbocycles. The number of hydrogen-bond donors (Lipinski definition) is 0. The number of hydrogen-bond acceptors (Lipinski definition) is 0. The van der Waals surface area contributed by atoms with Crippen molar-refractivity contribution in [2.24, 2.45) is 0 Å². The zero-order chi connectivity index (χ0) is 0. The van der Waals surface area contributed by atoms with Gasteiger partial charge in [-0.2, -0.15) is 0 Å². The van der Waals surface area contributed by atoms with Gasteiger partial charge in [-0.3, -0.25) is 0 Å². The van der Waals surface area contributed by atoms with Crippen LogP contribution in [0.4, 0.5) is 0 Å². The summed E-state index contributed by atoms with van der Waals surface area (Å²) >= 11 is 0. The van der Waals surface area contributed by atoms with Crippen LogP contribution in [0.15, 0.2) is 0 Å². The summed E-state index contributed by atoms with van der Waals surface area (Å²) in [6.45, 7) is 0. The first-order valence-corrected chi connectivity index (χ1v) is 0. The second-order valence-corrected chi connectivity index (χ2v) is 0. The molecule has 0 aliphatic heterocycles. The average molecular weight is 225 g/mol. The summed E-state index contributed by atoms with van der Waals surface area (Å²) in [4.78, 5) is 0. The third kappa shape index (κ3) is 8.84. The second kappa shape index (κ2) is 18.4. The van der Waals surface area contributed by atoms with Gasteiger partial charge in [0.15, 0.2) is 0 Å². The van der Waals surface area contributed by atoms with Crippen molar-refractivity contribution in [2.75, 3.05) is 0 Å². The van der Waals surface area contributed by atoms with Gasteiger partial charge in [-0.25, -0.2) is 0 Å². The molecule has 0 aliphatic rings. The minimum atomic E-state index is 0. The van der Waals surface area contributed by atoms with Gasteiger partial charge in [0.2, 0.25) is 0 Å². The van der Waals surface area contributed by atoms with Crippen LogP contribution in [-0.2, 0) is 65.0 Å². The Morgan fingerprint density at radius 3 is 1.00 bits per heavy atom. The molecule has 0 N–H and O–H groups in total. The standard InChI is InChI=1S/Mn.H3Si.Ti.Zr/h;1H3;;. The molecule has 0 atom stereocenters. The van der Waals surface area contributed by atoms with E-state index in [4.69, 9.17) is 0 Å². The van der Waals surface area contributed by atoms with Gasteiger partial charge in [0.05, 0.1) is 0 Å². The molecule has 0 bridgehead atoms. The Morgan fingerprint density at radius 2 is 1.00 bits per heavy atom. The monoisotopic (exact) mass is 224 g/mol. The summed E-state index contributed by atoms with van der Waals surface area (Å²) in [6, 6.07) is 0. The maximum atomic E-state index is 0. The molecule has 0 saturated heterocycles. The van der Waals surface area contributed by atoms with Crippen molar-refractivity contribution in [1.29, 1.82) is 0 Å². The van der Waals surface area contributed by atoms with Crippen LogP contribution in [0.25, 0.3) is 0 Å². The van der Waals surface area contributed by atoms with Crippen molar-refractivity contribution in [2.45, 2.75) is 0 Å². The van der Waals surface area contributed by atoms with E-state index < -0.39 is 0 Å². The van der Waals surface area contributed by atoms with Gasteiger partial charge >= 0.3 is 0 Å². The SMILES string of the molecule is [Mn].[SiH3].[Ti].[Zr]. The Morgan fingerprint density at radius 1 is 1.00 bits per heavy atom. The van der Waals surface area contributed by atoms with Crippen LogP contribution < -0.4 is 0 Å². The van der Waals surface area contributed by atoms with Crippen molar-refractivity contribution >= 4 is 11.0 Å². The first-order valence-electron chi connectivity index (χ1n) is 0. The Hall–Kier alpha value is 2.33. The summed E-state index contributed by atoms with van der Waals surface area (Å²) in [7, 11) is 0. The van der Waals surface area contributed by atoms with Gasteiger partial charge < -0.3 is 0 Å². The minimum Gasteiger partial charge on any atom is -0.0125 e. The molecule has 0 rings (SSSR count). The fourth-order valence-corrected chi connectivity index (χ4v) is 0. The molecular weight excluding hydrogens is 222 g/mol. The van der Waals surface area contributed by atoms with E-state index in [9.17, 15) is 0 Å². The Kier molecular flexibility index (Phi) is 152. The van der Waals surface area contributed by atoms with Crippen molar-refractivity contribution in [3.05, 3.63) is 0 Å². The molecule has 2 radical (unpaired) electrons. The van der Waals surface area contributed by atoms with Gasteiger partial charge in [-0.1, -0.05) is 0 Å². The molecule has 0 fully saturated rings. The Labute approximate surface area is 75.0 Å². The Balaban J connectivity index is 0. The number of rotatable bonds is 0. The zero-order valence-electron chi connectivity index (χ0n) is 2.38. The van der Waals surface area contributed by atoms with Crippen LogP contribution in [-0.4, -0.2) is 11.0 Å². The van der Waals surface area contributed by atoms with Crippen LogP contribution in [0, 0.1) is 0 Å². The Bertz CT molecular complexity index is 8.00. The largest absolute Gasteiger partial charge is 0.0125 e. The van der Waals surface area contributed by atoms with Crippen LogP contribution in [0.3, 0.4) is 0 Å². The van der Waals surface area contributed by atoms with E-state index >= 15 is 0 Å². The topological polar surface area (TPSA) is 0 Å². The van der Waals surface area contributed by atoms with Crippen molar-refractivity contribution in [1.82, 2.24) is 0 Å². The minimum absolute atomic E-state index is 0. The van der Waals surface area contributed by atoms with Gasteiger partial charge in [0.25, 0.3) is 0 Å². The van der Waals surface area contributed by atoms with Crippen molar-refractivity contribution in [3.8, 4) is 0 Å². The third-order valence-corrected chi connectivity index (χ3v) is 0. The van der Waals surface area contributed by atoms with Crippen molar-refractivity contribution in [3.63, 3.8) is 0 Å². The molecule has 0 spiro atoms. The van der Waals surface area contributed by atoms with Gasteiger partial charge in [-0.15, -0.1) is 0 Å². The molecule has 0 saturated carbocycles. The third-order valence-electron chi connectivity index (χ3n) is 0. The predicted molar refractivity (Wildman–Crippen MR) is 9.94 cm³/mol. The summed E-state index contributed by atoms with van der Waals surface area (Å²) in [5.41, 5.74) is 0. The second-order valence-electron chi connectivity index (χ2n) is 0. The average Bonchev–Trinajstić information content (AvgIpc) is 0. The van der Waals surface area contributed by atoms with E-state index in [1.807, 2.05) is 0 Å². The van der Waals surface area contributed by atoms with E-state index in [2.05, 4.69) is 0 Å². The summed E-state index contributed by atoms with van der Waals surface area (Å²) in [5.74, 6) is 0. The molecule has 22 valence electrons. The fourth-order valence-electron chi connectivity index (χ4n) is 0. The zero-order valence-corrected chi connectivity index (χ0v) is 9.58. The maximum absolute atomic E-state index is 0. The van der Waals surface area contributed by atoms with E-state index in [1.165, 1.54) is 0 Å². The van der Waals surface area contributed by atoms with Crippen LogP contribution in [0.5, 0.6) is 0 Å². The molecular formula is H3MnSiTiZr. The van der Waals surface area contributed by atoms with Crippen molar-refractivity contribution < 1.29 is 65.0 Å². The molecule has 0 aliphatic carbocycles. The van der Waals surface area contributed by atoms with Crippen LogP contribution in [0.1, 0.15) is 0 Å². The quantitative estimate of drug-likeness (QED) is 0.455. The van der Waals surface area contributed by atoms with Crippen LogP contribution in [0.2, 0.25) is 0 Å². The van der Waals surface area contributed by atoms with Gasteiger partial charge in [0, 0.05) is 65.0 Å². The van der Waals surface area contributed by atoms with Gasteiger partial charge in [-0.05, 0) is 11.0 Å². The molecule has 0 nitrogen and oxygen atoms in total. The smallest absolute Gasteiger partial charge is 0 e. The fraction of sp³-hybridized carbons (Fsp3) is 0. The first-order chi connectivity index (χ1) is 0. The molecule has 0 amide bonds. The molecule has 0 unspecified atom stereocenters. The molecule has 0 heterocycles. The van der Waals surface area contributed by atoms with Crippen LogP contribution >= 0.6 is 0 Å². The first kappa shape index (κ1) is 33.1. The molecule has 4 heavy (non-hydrogen) atoms. The predicted octanol–water partition coefficient (Wildman–Crippen LogP) is -1.19.